The molecule has 2 rings (SSSR count). The molecule has 0 saturated carbocycles. The monoisotopic (exact) mass is 172 g/mol. The van der Waals surface area contributed by atoms with Crippen molar-refractivity contribution in [2.24, 2.45) is 5.41 Å². The number of ether oxygens (including phenoxy) is 2. The first kappa shape index (κ1) is 8.48. The quantitative estimate of drug-likeness (QED) is 0.628. The molecule has 2 aliphatic rings. The number of rotatable bonds is 1. The molecule has 2 heterocycles. The van der Waals surface area contributed by atoms with E-state index in [4.69, 9.17) is 14.6 Å². The van der Waals surface area contributed by atoms with Gasteiger partial charge in [-0.1, -0.05) is 0 Å². The first-order valence-corrected chi connectivity index (χ1v) is 4.65. The van der Waals surface area contributed by atoms with Gasteiger partial charge in [0.2, 0.25) is 0 Å². The van der Waals surface area contributed by atoms with Crippen LogP contribution in [0.1, 0.15) is 19.3 Å². The second-order valence-electron chi connectivity index (χ2n) is 3.98. The Bertz CT molecular complexity index is 152. The first-order chi connectivity index (χ1) is 5.85. The molecule has 0 aliphatic carbocycles. The predicted molar refractivity (Wildman–Crippen MR) is 43.9 cm³/mol. The summed E-state index contributed by atoms with van der Waals surface area (Å²) in [6, 6.07) is 0. The number of hydrogen-bond acceptors (Lipinski definition) is 3. The van der Waals surface area contributed by atoms with Crippen LogP contribution in [0.15, 0.2) is 0 Å². The van der Waals surface area contributed by atoms with Gasteiger partial charge in [0.1, 0.15) is 0 Å². The Labute approximate surface area is 72.7 Å². The number of hydrogen-bond donors (Lipinski definition) is 1. The minimum Gasteiger partial charge on any atom is -0.394 e. The van der Waals surface area contributed by atoms with Crippen molar-refractivity contribution >= 4 is 0 Å². The van der Waals surface area contributed by atoms with Crippen LogP contribution in [0, 0.1) is 5.41 Å². The van der Waals surface area contributed by atoms with E-state index in [-0.39, 0.29) is 18.1 Å². The third-order valence-electron chi connectivity index (χ3n) is 2.89. The van der Waals surface area contributed by atoms with Crippen LogP contribution in [0.2, 0.25) is 0 Å². The van der Waals surface area contributed by atoms with Crippen LogP contribution in [-0.4, -0.2) is 37.6 Å². The molecule has 2 unspecified atom stereocenters. The van der Waals surface area contributed by atoms with Crippen LogP contribution in [0.5, 0.6) is 0 Å². The maximum Gasteiger partial charge on any atom is 0.0813 e. The Morgan fingerprint density at radius 1 is 1.42 bits per heavy atom. The summed E-state index contributed by atoms with van der Waals surface area (Å²) in [6.45, 7) is 2.65. The summed E-state index contributed by atoms with van der Waals surface area (Å²) in [4.78, 5) is 0. The SMILES string of the molecule is OCC1CC2(CCCOC2)CO1. The van der Waals surface area contributed by atoms with E-state index in [1.54, 1.807) is 0 Å². The molecular formula is C9H16O3. The predicted octanol–water partition coefficient (Wildman–Crippen LogP) is 0.564. The van der Waals surface area contributed by atoms with E-state index >= 15 is 0 Å². The van der Waals surface area contributed by atoms with Crippen molar-refractivity contribution in [1.82, 2.24) is 0 Å². The molecule has 1 spiro atoms. The summed E-state index contributed by atoms with van der Waals surface area (Å²) in [5.41, 5.74) is 0.242. The minimum atomic E-state index is 0.0618. The smallest absolute Gasteiger partial charge is 0.0813 e. The van der Waals surface area contributed by atoms with Gasteiger partial charge in [-0.05, 0) is 19.3 Å². The molecule has 0 aromatic carbocycles. The summed E-state index contributed by atoms with van der Waals surface area (Å²) in [5.74, 6) is 0. The molecule has 2 fully saturated rings. The van der Waals surface area contributed by atoms with Crippen LogP contribution in [-0.2, 0) is 9.47 Å². The topological polar surface area (TPSA) is 38.7 Å². The Morgan fingerprint density at radius 3 is 2.92 bits per heavy atom. The normalized spacial score (nSPS) is 42.2. The van der Waals surface area contributed by atoms with Crippen LogP contribution < -0.4 is 0 Å². The second-order valence-corrected chi connectivity index (χ2v) is 3.98. The lowest BCUT2D eigenvalue weighted by atomic mass is 9.81. The highest BCUT2D eigenvalue weighted by Crippen LogP contribution is 2.39. The molecule has 2 aliphatic heterocycles. The summed E-state index contributed by atoms with van der Waals surface area (Å²) < 4.78 is 10.9. The van der Waals surface area contributed by atoms with Crippen molar-refractivity contribution < 1.29 is 14.6 Å². The van der Waals surface area contributed by atoms with Crippen molar-refractivity contribution in [3.05, 3.63) is 0 Å². The fraction of sp³-hybridized carbons (Fsp3) is 1.00. The standard InChI is InChI=1S/C9H16O3/c10-5-8-4-9(7-12-8)2-1-3-11-6-9/h8,10H,1-7H2. The minimum absolute atomic E-state index is 0.0618. The van der Waals surface area contributed by atoms with E-state index in [1.807, 2.05) is 0 Å². The van der Waals surface area contributed by atoms with Crippen molar-refractivity contribution in [1.29, 1.82) is 0 Å². The zero-order chi connectivity index (χ0) is 8.44. The molecular weight excluding hydrogens is 156 g/mol. The summed E-state index contributed by atoms with van der Waals surface area (Å²) in [6.07, 6.45) is 3.38. The largest absolute Gasteiger partial charge is 0.394 e. The lowest BCUT2D eigenvalue weighted by Gasteiger charge is -2.31. The highest BCUT2D eigenvalue weighted by Gasteiger charge is 2.41. The van der Waals surface area contributed by atoms with Crippen molar-refractivity contribution in [2.75, 3.05) is 26.4 Å². The van der Waals surface area contributed by atoms with Gasteiger partial charge in [-0.3, -0.25) is 0 Å². The summed E-state index contributed by atoms with van der Waals surface area (Å²) >= 11 is 0. The Hall–Kier alpha value is -0.120. The van der Waals surface area contributed by atoms with Gasteiger partial charge in [0.25, 0.3) is 0 Å². The third-order valence-corrected chi connectivity index (χ3v) is 2.89. The molecule has 2 atom stereocenters. The van der Waals surface area contributed by atoms with E-state index < -0.39 is 0 Å². The van der Waals surface area contributed by atoms with Gasteiger partial charge in [0, 0.05) is 12.0 Å². The van der Waals surface area contributed by atoms with Crippen LogP contribution >= 0.6 is 0 Å². The van der Waals surface area contributed by atoms with E-state index in [0.717, 1.165) is 32.7 Å². The highest BCUT2D eigenvalue weighted by molar-refractivity contribution is 4.89. The molecule has 1 N–H and O–H groups in total. The lowest BCUT2D eigenvalue weighted by molar-refractivity contribution is -0.0148. The van der Waals surface area contributed by atoms with Gasteiger partial charge in [-0.2, -0.15) is 0 Å². The molecule has 0 radical (unpaired) electrons. The van der Waals surface area contributed by atoms with Gasteiger partial charge >= 0.3 is 0 Å². The molecule has 12 heavy (non-hydrogen) atoms. The average molecular weight is 172 g/mol. The molecule has 0 aromatic rings. The van der Waals surface area contributed by atoms with E-state index in [2.05, 4.69) is 0 Å². The zero-order valence-electron chi connectivity index (χ0n) is 7.29. The average Bonchev–Trinajstić information content (AvgIpc) is 2.50. The molecule has 0 bridgehead atoms. The summed E-state index contributed by atoms with van der Waals surface area (Å²) in [5, 5.41) is 8.91. The molecule has 2 saturated heterocycles. The van der Waals surface area contributed by atoms with Crippen molar-refractivity contribution in [3.63, 3.8) is 0 Å². The Morgan fingerprint density at radius 2 is 2.33 bits per heavy atom. The van der Waals surface area contributed by atoms with E-state index in [9.17, 15) is 0 Å². The molecule has 3 nitrogen and oxygen atoms in total. The third kappa shape index (κ3) is 1.49. The Kier molecular flexibility index (Phi) is 2.35. The van der Waals surface area contributed by atoms with Gasteiger partial charge in [-0.25, -0.2) is 0 Å². The van der Waals surface area contributed by atoms with Crippen molar-refractivity contribution in [2.45, 2.75) is 25.4 Å². The van der Waals surface area contributed by atoms with E-state index in [0.29, 0.717) is 0 Å². The lowest BCUT2D eigenvalue weighted by Crippen LogP contribution is -2.32. The van der Waals surface area contributed by atoms with Gasteiger partial charge in [-0.15, -0.1) is 0 Å². The number of aliphatic hydroxyl groups excluding tert-OH is 1. The summed E-state index contributed by atoms with van der Waals surface area (Å²) in [7, 11) is 0. The number of aliphatic hydroxyl groups is 1. The van der Waals surface area contributed by atoms with Gasteiger partial charge < -0.3 is 14.6 Å². The maximum absolute atomic E-state index is 8.91. The van der Waals surface area contributed by atoms with Crippen LogP contribution in [0.3, 0.4) is 0 Å². The molecule has 0 amide bonds. The second kappa shape index (κ2) is 3.32. The van der Waals surface area contributed by atoms with E-state index in [1.165, 1.54) is 6.42 Å². The highest BCUT2D eigenvalue weighted by atomic mass is 16.5. The van der Waals surface area contributed by atoms with Crippen LogP contribution in [0.4, 0.5) is 0 Å². The fourth-order valence-electron chi connectivity index (χ4n) is 2.20. The zero-order valence-corrected chi connectivity index (χ0v) is 7.29. The first-order valence-electron chi connectivity index (χ1n) is 4.65. The van der Waals surface area contributed by atoms with Crippen molar-refractivity contribution in [3.8, 4) is 0 Å². The Balaban J connectivity index is 1.94. The molecule has 70 valence electrons. The molecule has 0 aromatic heterocycles. The maximum atomic E-state index is 8.91. The fourth-order valence-corrected chi connectivity index (χ4v) is 2.20. The van der Waals surface area contributed by atoms with Gasteiger partial charge in [0.05, 0.1) is 25.9 Å². The molecule has 3 heteroatoms. The van der Waals surface area contributed by atoms with Crippen LogP contribution in [0.25, 0.3) is 0 Å². The van der Waals surface area contributed by atoms with Gasteiger partial charge in [0.15, 0.2) is 0 Å².